The third kappa shape index (κ3) is 5.99. The molecule has 1 saturated carbocycles. The van der Waals surface area contributed by atoms with Crippen molar-refractivity contribution < 1.29 is 26.3 Å². The Kier molecular flexibility index (Phi) is 6.95. The number of rotatable bonds is 8. The molecule has 0 bridgehead atoms. The minimum atomic E-state index is -4.72. The first-order valence-electron chi connectivity index (χ1n) is 12.1. The van der Waals surface area contributed by atoms with Gasteiger partial charge in [0, 0.05) is 25.5 Å². The molecule has 0 amide bonds. The zero-order valence-electron chi connectivity index (χ0n) is 20.6. The summed E-state index contributed by atoms with van der Waals surface area (Å²) in [6.45, 7) is 3.13. The molecule has 1 fully saturated rings. The average molecular weight is 548 g/mol. The van der Waals surface area contributed by atoms with Crippen LogP contribution in [0.2, 0.25) is 0 Å². The Hall–Kier alpha value is -4.10. The average Bonchev–Trinajstić information content (AvgIpc) is 3.71. The summed E-state index contributed by atoms with van der Waals surface area (Å²) >= 11 is 0. The maximum absolute atomic E-state index is 14.1. The van der Waals surface area contributed by atoms with Crippen LogP contribution in [0, 0.1) is 5.92 Å². The van der Waals surface area contributed by atoms with E-state index in [1.54, 1.807) is 0 Å². The van der Waals surface area contributed by atoms with Crippen LogP contribution >= 0.6 is 0 Å². The van der Waals surface area contributed by atoms with E-state index in [1.807, 2.05) is 11.8 Å². The van der Waals surface area contributed by atoms with Gasteiger partial charge in [0.15, 0.2) is 11.5 Å². The van der Waals surface area contributed by atoms with Crippen LogP contribution in [0.3, 0.4) is 0 Å². The largest absolute Gasteiger partial charge is 0.418 e. The minimum absolute atomic E-state index is 0.00440. The van der Waals surface area contributed by atoms with Gasteiger partial charge >= 0.3 is 12.4 Å². The second-order valence-corrected chi connectivity index (χ2v) is 9.19. The number of hydrogen-bond acceptors (Lipinski definition) is 8. The molecule has 5 rings (SSSR count). The number of hydrogen-bond donors (Lipinski definition) is 1. The summed E-state index contributed by atoms with van der Waals surface area (Å²) in [7, 11) is 0. The molecule has 1 aliphatic rings. The van der Waals surface area contributed by atoms with Gasteiger partial charge in [0.2, 0.25) is 0 Å². The lowest BCUT2D eigenvalue weighted by molar-refractivity contribution is -0.138. The summed E-state index contributed by atoms with van der Waals surface area (Å²) in [5.41, 5.74) is -2.05. The Morgan fingerprint density at radius 2 is 1.74 bits per heavy atom. The molecule has 0 radical (unpaired) electrons. The second kappa shape index (κ2) is 10.2. The fraction of sp³-hybridized carbons (Fsp3) is 0.360. The van der Waals surface area contributed by atoms with Crippen LogP contribution in [-0.4, -0.2) is 43.2 Å². The topological polar surface area (TPSA) is 92.6 Å². The molecule has 0 unspecified atom stereocenters. The number of alkyl halides is 6. The van der Waals surface area contributed by atoms with Crippen molar-refractivity contribution in [2.24, 2.45) is 5.92 Å². The van der Waals surface area contributed by atoms with Crippen LogP contribution in [0.5, 0.6) is 0 Å². The highest BCUT2D eigenvalue weighted by Crippen LogP contribution is 2.38. The number of nitrogens with zero attached hydrogens (tertiary/aromatic N) is 7. The predicted octanol–water partition coefficient (Wildman–Crippen LogP) is 6.28. The molecule has 0 aliphatic heterocycles. The SMILES string of the molecule is CCCN(CC1CC1)c1cc(C(F)(F)F)c(-c2cnc3c(Nc4ccc(C(F)(F)F)cn4)ccnc3n2)nn1. The lowest BCUT2D eigenvalue weighted by Gasteiger charge is -2.24. The van der Waals surface area contributed by atoms with E-state index in [2.05, 4.69) is 35.5 Å². The van der Waals surface area contributed by atoms with Crippen molar-refractivity contribution in [3.8, 4) is 11.4 Å². The maximum Gasteiger partial charge on any atom is 0.418 e. The number of anilines is 3. The van der Waals surface area contributed by atoms with Crippen LogP contribution in [0.25, 0.3) is 22.6 Å². The molecule has 39 heavy (non-hydrogen) atoms. The molecule has 8 nitrogen and oxygen atoms in total. The van der Waals surface area contributed by atoms with E-state index >= 15 is 0 Å². The van der Waals surface area contributed by atoms with Gasteiger partial charge in [-0.3, -0.25) is 0 Å². The first-order chi connectivity index (χ1) is 18.5. The van der Waals surface area contributed by atoms with Gasteiger partial charge in [-0.25, -0.2) is 19.9 Å². The molecule has 0 saturated heterocycles. The van der Waals surface area contributed by atoms with E-state index in [1.165, 1.54) is 12.3 Å². The molecule has 4 aromatic heterocycles. The molecular formula is C25H22F6N8. The summed E-state index contributed by atoms with van der Waals surface area (Å²) in [4.78, 5) is 18.1. The Morgan fingerprint density at radius 3 is 2.38 bits per heavy atom. The molecular weight excluding hydrogens is 526 g/mol. The van der Waals surface area contributed by atoms with Crippen LogP contribution in [0.4, 0.5) is 43.7 Å². The molecule has 0 spiro atoms. The summed E-state index contributed by atoms with van der Waals surface area (Å²) in [5, 5.41) is 10.8. The maximum atomic E-state index is 14.1. The Balaban J connectivity index is 1.48. The van der Waals surface area contributed by atoms with Crippen LogP contribution < -0.4 is 10.2 Å². The van der Waals surface area contributed by atoms with Crippen molar-refractivity contribution in [2.75, 3.05) is 23.3 Å². The highest BCUT2D eigenvalue weighted by atomic mass is 19.4. The molecule has 1 aliphatic carbocycles. The number of pyridine rings is 2. The van der Waals surface area contributed by atoms with Gasteiger partial charge in [0.05, 0.1) is 23.0 Å². The molecule has 1 N–H and O–H groups in total. The van der Waals surface area contributed by atoms with Gasteiger partial charge < -0.3 is 10.2 Å². The standard InChI is InChI=1S/C25H22F6N8/c1-2-9-39(13-14-3-4-14)20-10-16(25(29,30)31)21(38-37-20)18-12-34-22-17(7-8-32-23(22)36-18)35-19-6-5-15(11-33-19)24(26,27)28/h5-8,10-12,14H,2-4,9,13H2,1H3,(H,32,33,35,36). The summed E-state index contributed by atoms with van der Waals surface area (Å²) in [6.07, 6.45) is -3.26. The third-order valence-corrected chi connectivity index (χ3v) is 6.12. The van der Waals surface area contributed by atoms with E-state index in [9.17, 15) is 26.3 Å². The van der Waals surface area contributed by atoms with E-state index < -0.39 is 29.2 Å². The molecule has 4 heterocycles. The number of halogens is 6. The van der Waals surface area contributed by atoms with Gasteiger partial charge in [0.1, 0.15) is 22.7 Å². The molecule has 14 heteroatoms. The smallest absolute Gasteiger partial charge is 0.355 e. The summed E-state index contributed by atoms with van der Waals surface area (Å²) in [6, 6.07) is 4.51. The normalized spacial score (nSPS) is 14.0. The van der Waals surface area contributed by atoms with Gasteiger partial charge in [-0.05, 0) is 49.4 Å². The highest BCUT2D eigenvalue weighted by Gasteiger charge is 2.37. The lowest BCUT2D eigenvalue weighted by atomic mass is 10.1. The Labute approximate surface area is 218 Å². The lowest BCUT2D eigenvalue weighted by Crippen LogP contribution is -2.28. The van der Waals surface area contributed by atoms with Crippen molar-refractivity contribution in [2.45, 2.75) is 38.5 Å². The van der Waals surface area contributed by atoms with Crippen molar-refractivity contribution in [1.29, 1.82) is 0 Å². The van der Waals surface area contributed by atoms with Crippen molar-refractivity contribution >= 4 is 28.5 Å². The molecule has 204 valence electrons. The highest BCUT2D eigenvalue weighted by molar-refractivity contribution is 5.87. The molecule has 0 atom stereocenters. The number of aromatic nitrogens is 6. The fourth-order valence-corrected chi connectivity index (χ4v) is 4.03. The zero-order chi connectivity index (χ0) is 27.8. The van der Waals surface area contributed by atoms with Crippen molar-refractivity contribution in [1.82, 2.24) is 30.1 Å². The Bertz CT molecular complexity index is 1470. The number of nitrogens with one attached hydrogen (secondary N) is 1. The van der Waals surface area contributed by atoms with E-state index in [-0.39, 0.29) is 28.5 Å². The minimum Gasteiger partial charge on any atom is -0.355 e. The third-order valence-electron chi connectivity index (χ3n) is 6.12. The first-order valence-corrected chi connectivity index (χ1v) is 12.1. The van der Waals surface area contributed by atoms with Crippen LogP contribution in [0.15, 0.2) is 42.9 Å². The summed E-state index contributed by atoms with van der Waals surface area (Å²) < 4.78 is 80.8. The molecule has 0 aromatic carbocycles. The summed E-state index contributed by atoms with van der Waals surface area (Å²) in [5.74, 6) is 0.706. The first kappa shape index (κ1) is 26.5. The second-order valence-electron chi connectivity index (χ2n) is 9.19. The fourth-order valence-electron chi connectivity index (χ4n) is 4.03. The quantitative estimate of drug-likeness (QED) is 0.257. The van der Waals surface area contributed by atoms with Gasteiger partial charge in [0.25, 0.3) is 0 Å². The molecule has 4 aromatic rings. The predicted molar refractivity (Wildman–Crippen MR) is 131 cm³/mol. The van der Waals surface area contributed by atoms with E-state index in [0.717, 1.165) is 43.7 Å². The Morgan fingerprint density at radius 1 is 0.949 bits per heavy atom. The van der Waals surface area contributed by atoms with E-state index in [4.69, 9.17) is 0 Å². The zero-order valence-corrected chi connectivity index (χ0v) is 20.6. The van der Waals surface area contributed by atoms with Crippen molar-refractivity contribution in [3.63, 3.8) is 0 Å². The van der Waals surface area contributed by atoms with Crippen LogP contribution in [0.1, 0.15) is 37.3 Å². The van der Waals surface area contributed by atoms with Gasteiger partial charge in [-0.1, -0.05) is 6.92 Å². The van der Waals surface area contributed by atoms with Crippen molar-refractivity contribution in [3.05, 3.63) is 54.0 Å². The van der Waals surface area contributed by atoms with Crippen LogP contribution in [-0.2, 0) is 12.4 Å². The van der Waals surface area contributed by atoms with Gasteiger partial charge in [-0.15, -0.1) is 10.2 Å². The monoisotopic (exact) mass is 548 g/mol. The van der Waals surface area contributed by atoms with Gasteiger partial charge in [-0.2, -0.15) is 26.3 Å². The van der Waals surface area contributed by atoms with E-state index in [0.29, 0.717) is 30.9 Å². The number of fused-ring (bicyclic) bond motifs is 1.